The zero-order valence-electron chi connectivity index (χ0n) is 11.1. The lowest BCUT2D eigenvalue weighted by Gasteiger charge is -2.24. The molecular weight excluding hydrogens is 214 g/mol. The van der Waals surface area contributed by atoms with Crippen molar-refractivity contribution >= 4 is 0 Å². The molecular formula is C13H27N3O. The smallest absolute Gasteiger partial charge is 0.0791 e. The molecule has 2 rings (SSSR count). The summed E-state index contributed by atoms with van der Waals surface area (Å²) in [4.78, 5) is 5.06. The lowest BCUT2D eigenvalue weighted by Crippen LogP contribution is -2.40. The maximum Gasteiger partial charge on any atom is 0.0791 e. The van der Waals surface area contributed by atoms with Crippen LogP contribution in [0.2, 0.25) is 0 Å². The van der Waals surface area contributed by atoms with E-state index >= 15 is 0 Å². The molecule has 17 heavy (non-hydrogen) atoms. The van der Waals surface area contributed by atoms with Crippen LogP contribution in [0.1, 0.15) is 26.2 Å². The average Bonchev–Trinajstić information content (AvgIpc) is 2.95. The molecule has 2 N–H and O–H groups in total. The maximum absolute atomic E-state index is 9.87. The number of likely N-dealkylation sites (N-methyl/N-ethyl adjacent to an activating group) is 1. The Kier molecular flexibility index (Phi) is 5.22. The van der Waals surface area contributed by atoms with Crippen LogP contribution in [0, 0.1) is 0 Å². The van der Waals surface area contributed by atoms with Gasteiger partial charge in [0.15, 0.2) is 0 Å². The fourth-order valence-electron chi connectivity index (χ4n) is 3.06. The summed E-state index contributed by atoms with van der Waals surface area (Å²) in [6.07, 6.45) is 3.82. The van der Waals surface area contributed by atoms with Crippen molar-refractivity contribution in [3.05, 3.63) is 0 Å². The third kappa shape index (κ3) is 3.91. The fraction of sp³-hybridized carbons (Fsp3) is 1.00. The van der Waals surface area contributed by atoms with Crippen LogP contribution >= 0.6 is 0 Å². The van der Waals surface area contributed by atoms with Gasteiger partial charge in [-0.25, -0.2) is 0 Å². The van der Waals surface area contributed by atoms with Gasteiger partial charge in [-0.15, -0.1) is 0 Å². The minimum Gasteiger partial charge on any atom is -0.390 e. The maximum atomic E-state index is 9.87. The van der Waals surface area contributed by atoms with Gasteiger partial charge in [0.2, 0.25) is 0 Å². The Balaban J connectivity index is 1.66. The van der Waals surface area contributed by atoms with Crippen LogP contribution in [-0.2, 0) is 0 Å². The highest BCUT2D eigenvalue weighted by Crippen LogP contribution is 2.20. The van der Waals surface area contributed by atoms with Crippen molar-refractivity contribution in [1.82, 2.24) is 15.1 Å². The quantitative estimate of drug-likeness (QED) is 0.693. The lowest BCUT2D eigenvalue weighted by atomic mass is 10.2. The van der Waals surface area contributed by atoms with E-state index in [1.807, 2.05) is 0 Å². The predicted molar refractivity (Wildman–Crippen MR) is 70.2 cm³/mol. The Morgan fingerprint density at radius 1 is 1.29 bits per heavy atom. The van der Waals surface area contributed by atoms with Gasteiger partial charge < -0.3 is 10.4 Å². The van der Waals surface area contributed by atoms with Gasteiger partial charge in [0, 0.05) is 25.7 Å². The number of aliphatic hydroxyl groups excluding tert-OH is 1. The van der Waals surface area contributed by atoms with E-state index < -0.39 is 0 Å². The summed E-state index contributed by atoms with van der Waals surface area (Å²) in [5.41, 5.74) is 0. The van der Waals surface area contributed by atoms with Gasteiger partial charge in [0.25, 0.3) is 0 Å². The van der Waals surface area contributed by atoms with Gasteiger partial charge in [0.1, 0.15) is 0 Å². The SMILES string of the molecule is CCNCC(O)CN1CCC(N2CCCC2)C1. The summed E-state index contributed by atoms with van der Waals surface area (Å²) < 4.78 is 0. The van der Waals surface area contributed by atoms with Crippen molar-refractivity contribution < 1.29 is 5.11 Å². The first-order chi connectivity index (χ1) is 8.29. The van der Waals surface area contributed by atoms with E-state index in [1.54, 1.807) is 0 Å². The van der Waals surface area contributed by atoms with Crippen molar-refractivity contribution in [3.63, 3.8) is 0 Å². The number of β-amino-alcohol motifs (C(OH)–C–C–N with tert-alkyl or cyclic N) is 1. The highest BCUT2D eigenvalue weighted by Gasteiger charge is 2.29. The predicted octanol–water partition coefficient (Wildman–Crippen LogP) is 0.127. The van der Waals surface area contributed by atoms with Crippen molar-refractivity contribution in [2.75, 3.05) is 45.8 Å². The normalized spacial score (nSPS) is 28.9. The number of hydrogen-bond donors (Lipinski definition) is 2. The molecule has 2 unspecified atom stereocenters. The first-order valence-electron chi connectivity index (χ1n) is 7.14. The Bertz CT molecular complexity index is 219. The van der Waals surface area contributed by atoms with E-state index in [9.17, 15) is 5.11 Å². The van der Waals surface area contributed by atoms with Crippen LogP contribution in [0.15, 0.2) is 0 Å². The molecule has 2 saturated heterocycles. The highest BCUT2D eigenvalue weighted by atomic mass is 16.3. The molecule has 0 saturated carbocycles. The Morgan fingerprint density at radius 3 is 2.76 bits per heavy atom. The Morgan fingerprint density at radius 2 is 2.06 bits per heavy atom. The number of nitrogens with zero attached hydrogens (tertiary/aromatic N) is 2. The minimum atomic E-state index is -0.215. The van der Waals surface area contributed by atoms with Crippen LogP contribution in [0.5, 0.6) is 0 Å². The summed E-state index contributed by atoms with van der Waals surface area (Å²) in [5.74, 6) is 0. The first kappa shape index (κ1) is 13.3. The van der Waals surface area contributed by atoms with E-state index in [2.05, 4.69) is 22.0 Å². The number of aliphatic hydroxyl groups is 1. The number of hydrogen-bond acceptors (Lipinski definition) is 4. The van der Waals surface area contributed by atoms with Crippen molar-refractivity contribution in [3.8, 4) is 0 Å². The average molecular weight is 241 g/mol. The fourth-order valence-corrected chi connectivity index (χ4v) is 3.06. The third-order valence-electron chi connectivity index (χ3n) is 4.00. The van der Waals surface area contributed by atoms with E-state index in [0.717, 1.165) is 38.8 Å². The van der Waals surface area contributed by atoms with Gasteiger partial charge >= 0.3 is 0 Å². The second-order valence-corrected chi connectivity index (χ2v) is 5.41. The molecule has 2 heterocycles. The molecule has 0 spiro atoms. The minimum absolute atomic E-state index is 0.215. The number of nitrogens with one attached hydrogen (secondary N) is 1. The Hall–Kier alpha value is -0.160. The van der Waals surface area contributed by atoms with Crippen LogP contribution < -0.4 is 5.32 Å². The summed E-state index contributed by atoms with van der Waals surface area (Å²) in [6, 6.07) is 0.754. The van der Waals surface area contributed by atoms with E-state index in [1.165, 1.54) is 32.4 Å². The second kappa shape index (κ2) is 6.69. The van der Waals surface area contributed by atoms with Crippen molar-refractivity contribution in [1.29, 1.82) is 0 Å². The molecule has 2 atom stereocenters. The summed E-state index contributed by atoms with van der Waals surface area (Å²) in [5, 5.41) is 13.1. The molecule has 0 bridgehead atoms. The van der Waals surface area contributed by atoms with Crippen LogP contribution in [-0.4, -0.2) is 72.9 Å². The summed E-state index contributed by atoms with van der Waals surface area (Å²) in [7, 11) is 0. The second-order valence-electron chi connectivity index (χ2n) is 5.41. The summed E-state index contributed by atoms with van der Waals surface area (Å²) in [6.45, 7) is 9.46. The standard InChI is InChI=1S/C13H27N3O/c1-2-14-9-13(17)11-15-8-5-12(10-15)16-6-3-4-7-16/h12-14,17H,2-11H2,1H3. The molecule has 2 fully saturated rings. The van der Waals surface area contributed by atoms with Gasteiger partial charge in [-0.05, 0) is 45.4 Å². The topological polar surface area (TPSA) is 38.7 Å². The molecule has 0 radical (unpaired) electrons. The van der Waals surface area contributed by atoms with Crippen LogP contribution in [0.3, 0.4) is 0 Å². The molecule has 0 amide bonds. The number of likely N-dealkylation sites (tertiary alicyclic amines) is 2. The molecule has 100 valence electrons. The van der Waals surface area contributed by atoms with Crippen LogP contribution in [0.25, 0.3) is 0 Å². The number of rotatable bonds is 6. The van der Waals surface area contributed by atoms with E-state index in [0.29, 0.717) is 0 Å². The van der Waals surface area contributed by atoms with E-state index in [-0.39, 0.29) is 6.10 Å². The summed E-state index contributed by atoms with van der Waals surface area (Å²) >= 11 is 0. The van der Waals surface area contributed by atoms with E-state index in [4.69, 9.17) is 0 Å². The lowest BCUT2D eigenvalue weighted by molar-refractivity contribution is 0.119. The molecule has 4 nitrogen and oxygen atoms in total. The largest absolute Gasteiger partial charge is 0.390 e. The van der Waals surface area contributed by atoms with Crippen molar-refractivity contribution in [2.24, 2.45) is 0 Å². The molecule has 4 heteroatoms. The molecule has 0 aliphatic carbocycles. The van der Waals surface area contributed by atoms with Gasteiger partial charge in [-0.3, -0.25) is 9.80 Å². The first-order valence-corrected chi connectivity index (χ1v) is 7.14. The molecule has 2 aliphatic rings. The van der Waals surface area contributed by atoms with Gasteiger partial charge in [0.05, 0.1) is 6.10 Å². The monoisotopic (exact) mass is 241 g/mol. The third-order valence-corrected chi connectivity index (χ3v) is 4.00. The zero-order chi connectivity index (χ0) is 12.1. The molecule has 2 aliphatic heterocycles. The molecule has 0 aromatic carbocycles. The van der Waals surface area contributed by atoms with Crippen molar-refractivity contribution in [2.45, 2.75) is 38.3 Å². The van der Waals surface area contributed by atoms with Crippen LogP contribution in [0.4, 0.5) is 0 Å². The molecule has 0 aromatic heterocycles. The highest BCUT2D eigenvalue weighted by molar-refractivity contribution is 4.86. The van der Waals surface area contributed by atoms with Gasteiger partial charge in [-0.2, -0.15) is 0 Å². The van der Waals surface area contributed by atoms with Gasteiger partial charge in [-0.1, -0.05) is 6.92 Å². The zero-order valence-corrected chi connectivity index (χ0v) is 11.1. The molecule has 0 aromatic rings. The Labute approximate surface area is 105 Å².